The molecular formula is C18H25FN4OS. The molecular weight excluding hydrogens is 339 g/mol. The van der Waals surface area contributed by atoms with E-state index in [2.05, 4.69) is 20.7 Å². The SMILES string of the molecule is CCNC(=NCC(C)Oc1cccc(F)c1)N(C)Cc1csc(C)n1. The summed E-state index contributed by atoms with van der Waals surface area (Å²) in [6.45, 7) is 7.89. The molecule has 136 valence electrons. The van der Waals surface area contributed by atoms with Gasteiger partial charge in [0.2, 0.25) is 0 Å². The van der Waals surface area contributed by atoms with Crippen LogP contribution in [0.4, 0.5) is 4.39 Å². The van der Waals surface area contributed by atoms with Crippen LogP contribution >= 0.6 is 11.3 Å². The molecule has 25 heavy (non-hydrogen) atoms. The molecule has 0 spiro atoms. The van der Waals surface area contributed by atoms with Crippen LogP contribution in [0.15, 0.2) is 34.6 Å². The summed E-state index contributed by atoms with van der Waals surface area (Å²) in [6.07, 6.45) is -0.162. The normalized spacial score (nSPS) is 12.8. The summed E-state index contributed by atoms with van der Waals surface area (Å²) in [6, 6.07) is 6.15. The first kappa shape index (κ1) is 19.2. The van der Waals surface area contributed by atoms with E-state index in [1.807, 2.05) is 32.7 Å². The van der Waals surface area contributed by atoms with Gasteiger partial charge < -0.3 is 15.0 Å². The van der Waals surface area contributed by atoms with Crippen molar-refractivity contribution < 1.29 is 9.13 Å². The van der Waals surface area contributed by atoms with Crippen LogP contribution in [0.25, 0.3) is 0 Å². The number of rotatable bonds is 7. The summed E-state index contributed by atoms with van der Waals surface area (Å²) in [5.41, 5.74) is 1.03. The van der Waals surface area contributed by atoms with Crippen molar-refractivity contribution in [1.82, 2.24) is 15.2 Å². The van der Waals surface area contributed by atoms with Crippen molar-refractivity contribution in [3.05, 3.63) is 46.2 Å². The Balaban J connectivity index is 1.95. The fourth-order valence-corrected chi connectivity index (χ4v) is 2.90. The van der Waals surface area contributed by atoms with Gasteiger partial charge in [0.05, 0.1) is 23.8 Å². The summed E-state index contributed by atoms with van der Waals surface area (Å²) in [5, 5.41) is 6.39. The third kappa shape index (κ3) is 6.34. The number of benzene rings is 1. The molecule has 2 aromatic rings. The molecule has 1 aromatic heterocycles. The molecule has 7 heteroatoms. The lowest BCUT2D eigenvalue weighted by Crippen LogP contribution is -2.39. The van der Waals surface area contributed by atoms with Crippen LogP contribution in [0.5, 0.6) is 5.75 Å². The molecule has 0 saturated heterocycles. The molecule has 0 aliphatic carbocycles. The number of halogens is 1. The number of aromatic nitrogens is 1. The second-order valence-electron chi connectivity index (χ2n) is 5.79. The number of thiazole rings is 1. The van der Waals surface area contributed by atoms with Gasteiger partial charge in [0.15, 0.2) is 5.96 Å². The Morgan fingerprint density at radius 1 is 1.48 bits per heavy atom. The van der Waals surface area contributed by atoms with Crippen LogP contribution in [0.2, 0.25) is 0 Å². The third-order valence-electron chi connectivity index (χ3n) is 3.39. The number of nitrogens with one attached hydrogen (secondary N) is 1. The zero-order valence-corrected chi connectivity index (χ0v) is 15.9. The molecule has 0 aliphatic rings. The first-order valence-corrected chi connectivity index (χ1v) is 9.18. The maximum Gasteiger partial charge on any atom is 0.194 e. The molecule has 2 rings (SSSR count). The highest BCUT2D eigenvalue weighted by Crippen LogP contribution is 2.14. The third-order valence-corrected chi connectivity index (χ3v) is 4.22. The predicted molar refractivity (Wildman–Crippen MR) is 101 cm³/mol. The molecule has 0 fully saturated rings. The van der Waals surface area contributed by atoms with E-state index in [-0.39, 0.29) is 11.9 Å². The van der Waals surface area contributed by atoms with Gasteiger partial charge in [0, 0.05) is 25.0 Å². The van der Waals surface area contributed by atoms with Crippen molar-refractivity contribution in [3.63, 3.8) is 0 Å². The lowest BCUT2D eigenvalue weighted by atomic mass is 10.3. The van der Waals surface area contributed by atoms with E-state index in [4.69, 9.17) is 4.74 Å². The van der Waals surface area contributed by atoms with E-state index in [0.717, 1.165) is 23.2 Å². The van der Waals surface area contributed by atoms with Crippen molar-refractivity contribution in [1.29, 1.82) is 0 Å². The lowest BCUT2D eigenvalue weighted by molar-refractivity contribution is 0.228. The fraction of sp³-hybridized carbons (Fsp3) is 0.444. The number of nitrogens with zero attached hydrogens (tertiary/aromatic N) is 3. The molecule has 0 aliphatic heterocycles. The van der Waals surface area contributed by atoms with Gasteiger partial charge in [-0.15, -0.1) is 11.3 Å². The van der Waals surface area contributed by atoms with Gasteiger partial charge in [-0.05, 0) is 32.9 Å². The van der Waals surface area contributed by atoms with Gasteiger partial charge >= 0.3 is 0 Å². The molecule has 1 heterocycles. The predicted octanol–water partition coefficient (Wildman–Crippen LogP) is 3.46. The van der Waals surface area contributed by atoms with Crippen LogP contribution in [0, 0.1) is 12.7 Å². The van der Waals surface area contributed by atoms with Crippen molar-refractivity contribution >= 4 is 17.3 Å². The Morgan fingerprint density at radius 2 is 2.28 bits per heavy atom. The maximum atomic E-state index is 13.2. The number of ether oxygens (including phenoxy) is 1. The van der Waals surface area contributed by atoms with E-state index in [1.54, 1.807) is 23.5 Å². The summed E-state index contributed by atoms with van der Waals surface area (Å²) >= 11 is 1.64. The van der Waals surface area contributed by atoms with Crippen molar-refractivity contribution in [2.45, 2.75) is 33.4 Å². The zero-order chi connectivity index (χ0) is 18.2. The summed E-state index contributed by atoms with van der Waals surface area (Å²) in [4.78, 5) is 11.1. The van der Waals surface area contributed by atoms with Gasteiger partial charge in [0.25, 0.3) is 0 Å². The Kier molecular flexibility index (Phi) is 7.18. The Labute approximate surface area is 152 Å². The minimum Gasteiger partial charge on any atom is -0.489 e. The molecule has 0 amide bonds. The second-order valence-corrected chi connectivity index (χ2v) is 6.86. The number of hydrogen-bond donors (Lipinski definition) is 1. The number of aliphatic imine (C=N–C) groups is 1. The van der Waals surface area contributed by atoms with Crippen molar-refractivity contribution in [2.24, 2.45) is 4.99 Å². The molecule has 1 aromatic carbocycles. The molecule has 0 radical (unpaired) electrons. The van der Waals surface area contributed by atoms with Crippen molar-refractivity contribution in [2.75, 3.05) is 20.1 Å². The van der Waals surface area contributed by atoms with Gasteiger partial charge in [0.1, 0.15) is 17.7 Å². The van der Waals surface area contributed by atoms with Crippen molar-refractivity contribution in [3.8, 4) is 5.75 Å². The minimum atomic E-state index is -0.306. The topological polar surface area (TPSA) is 49.8 Å². The molecule has 1 atom stereocenters. The summed E-state index contributed by atoms with van der Waals surface area (Å²) < 4.78 is 18.9. The van der Waals surface area contributed by atoms with Gasteiger partial charge in [-0.2, -0.15) is 0 Å². The minimum absolute atomic E-state index is 0.162. The first-order valence-electron chi connectivity index (χ1n) is 8.30. The van der Waals surface area contributed by atoms with E-state index in [9.17, 15) is 4.39 Å². The van der Waals surface area contributed by atoms with E-state index >= 15 is 0 Å². The maximum absolute atomic E-state index is 13.2. The molecule has 1 unspecified atom stereocenters. The van der Waals surface area contributed by atoms with Crippen LogP contribution in [-0.4, -0.2) is 42.1 Å². The Morgan fingerprint density at radius 3 is 2.92 bits per heavy atom. The smallest absolute Gasteiger partial charge is 0.194 e. The van der Waals surface area contributed by atoms with Gasteiger partial charge in [-0.3, -0.25) is 0 Å². The monoisotopic (exact) mass is 364 g/mol. The van der Waals surface area contributed by atoms with E-state index in [1.165, 1.54) is 12.1 Å². The molecule has 0 bridgehead atoms. The zero-order valence-electron chi connectivity index (χ0n) is 15.1. The lowest BCUT2D eigenvalue weighted by Gasteiger charge is -2.22. The largest absolute Gasteiger partial charge is 0.489 e. The number of aryl methyl sites for hydroxylation is 1. The highest BCUT2D eigenvalue weighted by Gasteiger charge is 2.10. The van der Waals surface area contributed by atoms with Crippen LogP contribution in [0.3, 0.4) is 0 Å². The number of hydrogen-bond acceptors (Lipinski definition) is 4. The fourth-order valence-electron chi connectivity index (χ4n) is 2.29. The van der Waals surface area contributed by atoms with Gasteiger partial charge in [-0.25, -0.2) is 14.4 Å². The average molecular weight is 364 g/mol. The second kappa shape index (κ2) is 9.36. The van der Waals surface area contributed by atoms with Crippen LogP contribution in [-0.2, 0) is 6.54 Å². The summed E-state index contributed by atoms with van der Waals surface area (Å²) in [7, 11) is 1.98. The quantitative estimate of drug-likeness (QED) is 0.604. The first-order chi connectivity index (χ1) is 12.0. The Bertz CT molecular complexity index is 704. The van der Waals surface area contributed by atoms with Crippen LogP contribution < -0.4 is 10.1 Å². The highest BCUT2D eigenvalue weighted by atomic mass is 32.1. The van der Waals surface area contributed by atoms with E-state index < -0.39 is 0 Å². The van der Waals surface area contributed by atoms with Crippen LogP contribution in [0.1, 0.15) is 24.5 Å². The molecule has 5 nitrogen and oxygen atoms in total. The Hall–Kier alpha value is -2.15. The summed E-state index contributed by atoms with van der Waals surface area (Å²) in [5.74, 6) is 1.00. The number of guanidine groups is 1. The average Bonchev–Trinajstić information content (AvgIpc) is 2.96. The van der Waals surface area contributed by atoms with E-state index in [0.29, 0.717) is 18.8 Å². The highest BCUT2D eigenvalue weighted by molar-refractivity contribution is 7.09. The van der Waals surface area contributed by atoms with Gasteiger partial charge in [-0.1, -0.05) is 6.07 Å². The standard InChI is InChI=1S/C18H25FN4OS/c1-5-20-18(23(4)11-16-12-25-14(3)22-16)21-10-13(2)24-17-8-6-7-15(19)9-17/h6-9,12-13H,5,10-11H2,1-4H3,(H,20,21). The molecule has 0 saturated carbocycles. The molecule has 1 N–H and O–H groups in total.